The molecule has 0 radical (unpaired) electrons. The SMILES string of the molecule is C[C@]1(CCCCC(=O)O)CCSS1. The standard InChI is InChI=1S/C9H16O2S2/c1-9(6-7-12-13-9)5-3-2-4-8(10)11/h2-7H2,1H3,(H,10,11)/t9-/m0/s1. The van der Waals surface area contributed by atoms with E-state index in [2.05, 4.69) is 6.92 Å². The fraction of sp³-hybridized carbons (Fsp3) is 0.889. The van der Waals surface area contributed by atoms with Crippen molar-refractivity contribution in [2.24, 2.45) is 0 Å². The Morgan fingerprint density at radius 2 is 2.31 bits per heavy atom. The number of carbonyl (C=O) groups is 1. The summed E-state index contributed by atoms with van der Waals surface area (Å²) >= 11 is 0. The highest BCUT2D eigenvalue weighted by atomic mass is 33.1. The number of unbranched alkanes of at least 4 members (excludes halogenated alkanes) is 1. The quantitative estimate of drug-likeness (QED) is 0.570. The summed E-state index contributed by atoms with van der Waals surface area (Å²) in [6, 6.07) is 0. The van der Waals surface area contributed by atoms with E-state index in [0.717, 1.165) is 19.3 Å². The maximum absolute atomic E-state index is 10.3. The van der Waals surface area contributed by atoms with Crippen molar-refractivity contribution in [3.8, 4) is 0 Å². The summed E-state index contributed by atoms with van der Waals surface area (Å²) in [6.45, 7) is 2.29. The van der Waals surface area contributed by atoms with Gasteiger partial charge in [0.05, 0.1) is 0 Å². The molecule has 0 aliphatic carbocycles. The van der Waals surface area contributed by atoms with Crippen molar-refractivity contribution in [1.29, 1.82) is 0 Å². The van der Waals surface area contributed by atoms with Gasteiger partial charge in [0.2, 0.25) is 0 Å². The Labute approximate surface area is 87.3 Å². The minimum Gasteiger partial charge on any atom is -0.481 e. The molecule has 0 amide bonds. The second-order valence-electron chi connectivity index (χ2n) is 3.71. The Morgan fingerprint density at radius 1 is 1.54 bits per heavy atom. The van der Waals surface area contributed by atoms with Crippen LogP contribution in [0.4, 0.5) is 0 Å². The van der Waals surface area contributed by atoms with Crippen LogP contribution in [0.5, 0.6) is 0 Å². The van der Waals surface area contributed by atoms with Crippen LogP contribution in [0.3, 0.4) is 0 Å². The molecule has 4 heteroatoms. The lowest BCUT2D eigenvalue weighted by atomic mass is 9.99. The predicted octanol–water partition coefficient (Wildman–Crippen LogP) is 3.18. The molecule has 0 aromatic heterocycles. The van der Waals surface area contributed by atoms with Gasteiger partial charge in [0, 0.05) is 16.9 Å². The highest BCUT2D eigenvalue weighted by Gasteiger charge is 2.29. The minimum atomic E-state index is -0.668. The average Bonchev–Trinajstić information content (AvgIpc) is 2.47. The molecule has 76 valence electrons. The highest BCUT2D eigenvalue weighted by Crippen LogP contribution is 2.49. The van der Waals surface area contributed by atoms with Crippen LogP contribution in [0.25, 0.3) is 0 Å². The van der Waals surface area contributed by atoms with E-state index in [1.165, 1.54) is 12.2 Å². The molecule has 0 spiro atoms. The Morgan fingerprint density at radius 3 is 2.85 bits per heavy atom. The summed E-state index contributed by atoms with van der Waals surface area (Å²) < 4.78 is 0.420. The predicted molar refractivity (Wildman–Crippen MR) is 59.2 cm³/mol. The van der Waals surface area contributed by atoms with Gasteiger partial charge in [0.1, 0.15) is 0 Å². The van der Waals surface area contributed by atoms with E-state index < -0.39 is 5.97 Å². The van der Waals surface area contributed by atoms with Gasteiger partial charge in [0.15, 0.2) is 0 Å². The fourth-order valence-electron chi connectivity index (χ4n) is 1.42. The Bertz CT molecular complexity index is 176. The van der Waals surface area contributed by atoms with Crippen LogP contribution < -0.4 is 0 Å². The molecule has 1 aliphatic rings. The molecule has 1 atom stereocenters. The lowest BCUT2D eigenvalue weighted by Crippen LogP contribution is -2.15. The largest absolute Gasteiger partial charge is 0.481 e. The Balaban J connectivity index is 2.07. The number of hydrogen-bond donors (Lipinski definition) is 1. The molecule has 1 heterocycles. The fourth-order valence-corrected chi connectivity index (χ4v) is 4.72. The normalized spacial score (nSPS) is 27.8. The summed E-state index contributed by atoms with van der Waals surface area (Å²) in [6.07, 6.45) is 4.65. The summed E-state index contributed by atoms with van der Waals surface area (Å²) in [5, 5.41) is 8.46. The maximum atomic E-state index is 10.3. The van der Waals surface area contributed by atoms with Gasteiger partial charge in [-0.3, -0.25) is 4.79 Å². The molecule has 0 bridgehead atoms. The van der Waals surface area contributed by atoms with E-state index in [1.807, 2.05) is 21.6 Å². The number of hydrogen-bond acceptors (Lipinski definition) is 3. The van der Waals surface area contributed by atoms with E-state index in [0.29, 0.717) is 11.2 Å². The van der Waals surface area contributed by atoms with Crippen molar-refractivity contribution in [3.63, 3.8) is 0 Å². The summed E-state index contributed by atoms with van der Waals surface area (Å²) in [4.78, 5) is 10.3. The number of rotatable bonds is 5. The van der Waals surface area contributed by atoms with Gasteiger partial charge in [0.25, 0.3) is 0 Å². The lowest BCUT2D eigenvalue weighted by molar-refractivity contribution is -0.137. The smallest absolute Gasteiger partial charge is 0.303 e. The maximum Gasteiger partial charge on any atom is 0.303 e. The van der Waals surface area contributed by atoms with E-state index in [1.54, 1.807) is 0 Å². The monoisotopic (exact) mass is 220 g/mol. The molecule has 1 rings (SSSR count). The van der Waals surface area contributed by atoms with Crippen LogP contribution in [0.15, 0.2) is 0 Å². The molecule has 0 aromatic carbocycles. The van der Waals surface area contributed by atoms with Crippen molar-refractivity contribution in [2.45, 2.75) is 43.8 Å². The summed E-state index contributed by atoms with van der Waals surface area (Å²) in [5.74, 6) is 0.582. The zero-order chi connectivity index (χ0) is 9.73. The van der Waals surface area contributed by atoms with Crippen LogP contribution in [0.2, 0.25) is 0 Å². The number of aliphatic carboxylic acids is 1. The van der Waals surface area contributed by atoms with E-state index >= 15 is 0 Å². The zero-order valence-corrected chi connectivity index (χ0v) is 9.55. The van der Waals surface area contributed by atoms with E-state index in [4.69, 9.17) is 5.11 Å². The van der Waals surface area contributed by atoms with Gasteiger partial charge in [-0.25, -0.2) is 0 Å². The van der Waals surface area contributed by atoms with Crippen LogP contribution in [0.1, 0.15) is 39.0 Å². The van der Waals surface area contributed by atoms with Gasteiger partial charge in [-0.1, -0.05) is 28.0 Å². The van der Waals surface area contributed by atoms with Crippen molar-refractivity contribution >= 4 is 27.6 Å². The third-order valence-electron chi connectivity index (χ3n) is 2.32. The van der Waals surface area contributed by atoms with Crippen molar-refractivity contribution < 1.29 is 9.90 Å². The second-order valence-corrected chi connectivity index (χ2v) is 6.71. The highest BCUT2D eigenvalue weighted by molar-refractivity contribution is 8.77. The summed E-state index contributed by atoms with van der Waals surface area (Å²) in [5.41, 5.74) is 0. The average molecular weight is 220 g/mol. The van der Waals surface area contributed by atoms with Crippen molar-refractivity contribution in [1.82, 2.24) is 0 Å². The molecule has 0 aromatic rings. The lowest BCUT2D eigenvalue weighted by Gasteiger charge is -2.20. The van der Waals surface area contributed by atoms with Crippen LogP contribution in [-0.2, 0) is 4.79 Å². The third-order valence-corrected chi connectivity index (χ3v) is 5.68. The first-order valence-corrected chi connectivity index (χ1v) is 6.97. The first kappa shape index (κ1) is 11.2. The van der Waals surface area contributed by atoms with Gasteiger partial charge < -0.3 is 5.11 Å². The molecule has 1 N–H and O–H groups in total. The van der Waals surface area contributed by atoms with Crippen LogP contribution >= 0.6 is 21.6 Å². The van der Waals surface area contributed by atoms with Gasteiger partial charge in [-0.15, -0.1) is 0 Å². The Kier molecular flexibility index (Phi) is 4.46. The van der Waals surface area contributed by atoms with Gasteiger partial charge >= 0.3 is 5.97 Å². The molecule has 2 nitrogen and oxygen atoms in total. The van der Waals surface area contributed by atoms with E-state index in [9.17, 15) is 4.79 Å². The molecule has 1 aliphatic heterocycles. The topological polar surface area (TPSA) is 37.3 Å². The van der Waals surface area contributed by atoms with Gasteiger partial charge in [-0.05, 0) is 26.2 Å². The number of carboxylic acids is 1. The van der Waals surface area contributed by atoms with Crippen molar-refractivity contribution in [3.05, 3.63) is 0 Å². The first-order chi connectivity index (χ1) is 6.12. The first-order valence-electron chi connectivity index (χ1n) is 4.65. The molecule has 13 heavy (non-hydrogen) atoms. The number of carboxylic acid groups (broad SMARTS) is 1. The molecule has 0 unspecified atom stereocenters. The summed E-state index contributed by atoms with van der Waals surface area (Å²) in [7, 11) is 3.92. The second kappa shape index (κ2) is 5.15. The molecule has 0 saturated carbocycles. The zero-order valence-electron chi connectivity index (χ0n) is 7.91. The molecular weight excluding hydrogens is 204 g/mol. The van der Waals surface area contributed by atoms with Crippen LogP contribution in [-0.4, -0.2) is 21.6 Å². The Hall–Kier alpha value is 0.170. The van der Waals surface area contributed by atoms with Crippen LogP contribution in [0, 0.1) is 0 Å². The molecular formula is C9H16O2S2. The third kappa shape index (κ3) is 4.27. The minimum absolute atomic E-state index is 0.327. The molecule has 1 fully saturated rings. The van der Waals surface area contributed by atoms with Gasteiger partial charge in [-0.2, -0.15) is 0 Å². The van der Waals surface area contributed by atoms with E-state index in [-0.39, 0.29) is 0 Å². The van der Waals surface area contributed by atoms with Crippen molar-refractivity contribution in [2.75, 3.05) is 5.75 Å². The molecule has 1 saturated heterocycles.